The van der Waals surface area contributed by atoms with Crippen LogP contribution in [0.15, 0.2) is 35.7 Å². The lowest BCUT2D eigenvalue weighted by atomic mass is 10.3. The van der Waals surface area contributed by atoms with Gasteiger partial charge in [-0.2, -0.15) is 0 Å². The average Bonchev–Trinajstić information content (AvgIpc) is 3.08. The highest BCUT2D eigenvalue weighted by Crippen LogP contribution is 2.35. The third-order valence-electron chi connectivity index (χ3n) is 3.33. The summed E-state index contributed by atoms with van der Waals surface area (Å²) in [6.45, 7) is 5.25. The van der Waals surface area contributed by atoms with Crippen molar-refractivity contribution in [3.8, 4) is 11.5 Å². The molecule has 25 heavy (non-hydrogen) atoms. The number of hydrogen-bond donors (Lipinski definition) is 1. The standard InChI is InChI=1S/C16H22ClN3O4S/c1-3-23-14-11-16(15(24-4-2)10-13(14)17)25(21,22)19-6-5-8-20-9-7-18-12-20/h7,9-12,19H,3-6,8H2,1-2H3. The van der Waals surface area contributed by atoms with Gasteiger partial charge >= 0.3 is 0 Å². The summed E-state index contributed by atoms with van der Waals surface area (Å²) in [6, 6.07) is 2.87. The molecule has 2 aromatic rings. The van der Waals surface area contributed by atoms with Gasteiger partial charge in [-0.3, -0.25) is 0 Å². The molecule has 0 saturated carbocycles. The summed E-state index contributed by atoms with van der Waals surface area (Å²) in [5.41, 5.74) is 0. The second-order valence-corrected chi connectivity index (χ2v) is 7.29. The molecule has 1 aromatic heterocycles. The SMILES string of the molecule is CCOc1cc(S(=O)(=O)NCCCn2ccnc2)c(OCC)cc1Cl. The summed E-state index contributed by atoms with van der Waals surface area (Å²) < 4.78 is 40.6. The number of imidazole rings is 1. The van der Waals surface area contributed by atoms with Crippen molar-refractivity contribution in [1.82, 2.24) is 14.3 Å². The topological polar surface area (TPSA) is 82.5 Å². The molecule has 0 spiro atoms. The first-order valence-corrected chi connectivity index (χ1v) is 9.88. The lowest BCUT2D eigenvalue weighted by molar-refractivity contribution is 0.322. The van der Waals surface area contributed by atoms with Crippen LogP contribution in [-0.2, 0) is 16.6 Å². The van der Waals surface area contributed by atoms with E-state index in [0.717, 1.165) is 0 Å². The molecule has 0 aliphatic heterocycles. The molecule has 0 fully saturated rings. The van der Waals surface area contributed by atoms with Crippen LogP contribution >= 0.6 is 11.6 Å². The first kappa shape index (κ1) is 19.6. The molecule has 1 heterocycles. The molecule has 1 N–H and O–H groups in total. The number of aryl methyl sites for hydroxylation is 1. The fourth-order valence-electron chi connectivity index (χ4n) is 2.23. The summed E-state index contributed by atoms with van der Waals surface area (Å²) >= 11 is 6.12. The number of ether oxygens (including phenoxy) is 2. The van der Waals surface area contributed by atoms with E-state index in [1.54, 1.807) is 26.4 Å². The van der Waals surface area contributed by atoms with Gasteiger partial charge in [-0.15, -0.1) is 0 Å². The summed E-state index contributed by atoms with van der Waals surface area (Å²) in [4.78, 5) is 3.96. The van der Waals surface area contributed by atoms with Crippen LogP contribution in [0.4, 0.5) is 0 Å². The number of nitrogens with one attached hydrogen (secondary N) is 1. The van der Waals surface area contributed by atoms with E-state index in [-0.39, 0.29) is 10.6 Å². The number of sulfonamides is 1. The predicted molar refractivity (Wildman–Crippen MR) is 95.8 cm³/mol. The zero-order valence-electron chi connectivity index (χ0n) is 14.2. The molecule has 138 valence electrons. The van der Waals surface area contributed by atoms with Gasteiger partial charge in [0.15, 0.2) is 0 Å². The van der Waals surface area contributed by atoms with Crippen LogP contribution in [0.3, 0.4) is 0 Å². The predicted octanol–water partition coefficient (Wildman–Crippen LogP) is 2.70. The Morgan fingerprint density at radius 2 is 1.92 bits per heavy atom. The quantitative estimate of drug-likeness (QED) is 0.634. The molecule has 1 aromatic carbocycles. The van der Waals surface area contributed by atoms with Gasteiger partial charge in [-0.05, 0) is 20.3 Å². The van der Waals surface area contributed by atoms with Crippen molar-refractivity contribution in [2.75, 3.05) is 19.8 Å². The van der Waals surface area contributed by atoms with Crippen LogP contribution < -0.4 is 14.2 Å². The van der Waals surface area contributed by atoms with E-state index in [1.807, 2.05) is 10.8 Å². The number of hydrogen-bond acceptors (Lipinski definition) is 5. The lowest BCUT2D eigenvalue weighted by Gasteiger charge is -2.15. The van der Waals surface area contributed by atoms with Gasteiger partial charge in [0.2, 0.25) is 10.0 Å². The van der Waals surface area contributed by atoms with Gasteiger partial charge in [0.25, 0.3) is 0 Å². The lowest BCUT2D eigenvalue weighted by Crippen LogP contribution is -2.26. The molecule has 0 aliphatic carbocycles. The van der Waals surface area contributed by atoms with E-state index < -0.39 is 10.0 Å². The number of halogens is 1. The van der Waals surface area contributed by atoms with Crippen LogP contribution in [0.5, 0.6) is 11.5 Å². The maximum absolute atomic E-state index is 12.6. The van der Waals surface area contributed by atoms with Gasteiger partial charge in [-0.1, -0.05) is 11.6 Å². The molecular weight excluding hydrogens is 366 g/mol. The maximum atomic E-state index is 12.6. The molecule has 0 radical (unpaired) electrons. The average molecular weight is 388 g/mol. The second-order valence-electron chi connectivity index (χ2n) is 5.15. The fourth-order valence-corrected chi connectivity index (χ4v) is 3.65. The molecule has 0 aliphatic rings. The minimum atomic E-state index is -3.75. The molecule has 9 heteroatoms. The number of nitrogens with zero attached hydrogens (tertiary/aromatic N) is 2. The van der Waals surface area contributed by atoms with E-state index in [9.17, 15) is 8.42 Å². The van der Waals surface area contributed by atoms with Gasteiger partial charge in [-0.25, -0.2) is 18.1 Å². The Labute approximate surface area is 153 Å². The van der Waals surface area contributed by atoms with Gasteiger partial charge < -0.3 is 14.0 Å². The molecule has 0 atom stereocenters. The Bertz CT molecular complexity index is 779. The molecule has 7 nitrogen and oxygen atoms in total. The van der Waals surface area contributed by atoms with Crippen molar-refractivity contribution in [3.05, 3.63) is 35.9 Å². The summed E-state index contributed by atoms with van der Waals surface area (Å²) in [5.74, 6) is 0.518. The Morgan fingerprint density at radius 1 is 1.20 bits per heavy atom. The number of benzene rings is 1. The third kappa shape index (κ3) is 5.35. The van der Waals surface area contributed by atoms with Gasteiger partial charge in [0.05, 0.1) is 24.6 Å². The van der Waals surface area contributed by atoms with Crippen LogP contribution in [0, 0.1) is 0 Å². The Balaban J connectivity index is 2.13. The van der Waals surface area contributed by atoms with Crippen molar-refractivity contribution < 1.29 is 17.9 Å². The van der Waals surface area contributed by atoms with Crippen molar-refractivity contribution in [2.45, 2.75) is 31.7 Å². The van der Waals surface area contributed by atoms with Crippen molar-refractivity contribution in [1.29, 1.82) is 0 Å². The zero-order valence-corrected chi connectivity index (χ0v) is 15.8. The molecule has 0 saturated heterocycles. The third-order valence-corrected chi connectivity index (χ3v) is 5.11. The van der Waals surface area contributed by atoms with Gasteiger partial charge in [0.1, 0.15) is 16.4 Å². The number of rotatable bonds is 10. The first-order chi connectivity index (χ1) is 12.0. The van der Waals surface area contributed by atoms with Crippen molar-refractivity contribution in [2.24, 2.45) is 0 Å². The smallest absolute Gasteiger partial charge is 0.244 e. The second kappa shape index (κ2) is 9.07. The molecule has 0 unspecified atom stereocenters. The van der Waals surface area contributed by atoms with Gasteiger partial charge in [0, 0.05) is 37.6 Å². The summed E-state index contributed by atoms with van der Waals surface area (Å²) in [7, 11) is -3.75. The van der Waals surface area contributed by atoms with E-state index in [2.05, 4.69) is 9.71 Å². The Morgan fingerprint density at radius 3 is 2.56 bits per heavy atom. The maximum Gasteiger partial charge on any atom is 0.244 e. The molecular formula is C16H22ClN3O4S. The minimum Gasteiger partial charge on any atom is -0.492 e. The van der Waals surface area contributed by atoms with Crippen LogP contribution in [0.25, 0.3) is 0 Å². The largest absolute Gasteiger partial charge is 0.492 e. The van der Waals surface area contributed by atoms with Crippen molar-refractivity contribution >= 4 is 21.6 Å². The van der Waals surface area contributed by atoms with E-state index >= 15 is 0 Å². The van der Waals surface area contributed by atoms with Crippen LogP contribution in [0.2, 0.25) is 5.02 Å². The highest BCUT2D eigenvalue weighted by atomic mass is 35.5. The molecule has 0 bridgehead atoms. The fraction of sp³-hybridized carbons (Fsp3) is 0.438. The van der Waals surface area contributed by atoms with E-state index in [0.29, 0.717) is 43.5 Å². The minimum absolute atomic E-state index is 0.0184. The zero-order chi connectivity index (χ0) is 18.3. The van der Waals surface area contributed by atoms with Crippen LogP contribution in [-0.4, -0.2) is 37.7 Å². The Kier molecular flexibility index (Phi) is 7.10. The highest BCUT2D eigenvalue weighted by Gasteiger charge is 2.22. The molecule has 2 rings (SSSR count). The monoisotopic (exact) mass is 387 g/mol. The summed E-state index contributed by atoms with van der Waals surface area (Å²) in [5, 5.41) is 0.310. The van der Waals surface area contributed by atoms with Crippen LogP contribution in [0.1, 0.15) is 20.3 Å². The van der Waals surface area contributed by atoms with E-state index in [4.69, 9.17) is 21.1 Å². The normalized spacial score (nSPS) is 11.5. The summed E-state index contributed by atoms with van der Waals surface area (Å²) in [6.07, 6.45) is 5.83. The number of aromatic nitrogens is 2. The highest BCUT2D eigenvalue weighted by molar-refractivity contribution is 7.89. The first-order valence-electron chi connectivity index (χ1n) is 8.02. The van der Waals surface area contributed by atoms with Crippen molar-refractivity contribution in [3.63, 3.8) is 0 Å². The van der Waals surface area contributed by atoms with E-state index in [1.165, 1.54) is 12.1 Å². The molecule has 0 amide bonds. The Hall–Kier alpha value is -1.77.